The molecule has 0 radical (unpaired) electrons. The highest BCUT2D eigenvalue weighted by atomic mass is 14.8. The molecule has 1 N–H and O–H groups in total. The van der Waals surface area contributed by atoms with E-state index in [0.717, 1.165) is 13.1 Å². The smallest absolute Gasteiger partial charge is 0.0205 e. The first-order chi connectivity index (χ1) is 7.43. The highest BCUT2D eigenvalue weighted by Crippen LogP contribution is 1.96. The molecule has 0 saturated carbocycles. The maximum absolute atomic E-state index is 3.35. The molecule has 0 aliphatic rings. The second-order valence-corrected chi connectivity index (χ2v) is 2.66. The van der Waals surface area contributed by atoms with Crippen molar-refractivity contribution in [3.63, 3.8) is 0 Å². The van der Waals surface area contributed by atoms with Crippen LogP contribution in [0.5, 0.6) is 0 Å². The van der Waals surface area contributed by atoms with E-state index in [-0.39, 0.29) is 0 Å². The zero-order chi connectivity index (χ0) is 11.9. The lowest BCUT2D eigenvalue weighted by atomic mass is 10.2. The van der Waals surface area contributed by atoms with Gasteiger partial charge in [-0.15, -0.1) is 0 Å². The Labute approximate surface area is 95.9 Å². The normalized spacial score (nSPS) is 8.07. The molecule has 0 aliphatic heterocycles. The first-order valence-electron chi connectivity index (χ1n) is 6.18. The maximum atomic E-state index is 3.35. The molecule has 0 aromatic heterocycles. The summed E-state index contributed by atoms with van der Waals surface area (Å²) in [6.45, 7) is 12.3. The van der Waals surface area contributed by atoms with Gasteiger partial charge in [0.05, 0.1) is 0 Å². The van der Waals surface area contributed by atoms with Crippen molar-refractivity contribution in [2.45, 2.75) is 47.6 Å². The van der Waals surface area contributed by atoms with E-state index >= 15 is 0 Å². The van der Waals surface area contributed by atoms with E-state index in [2.05, 4.69) is 36.5 Å². The molecule has 1 aromatic carbocycles. The molecule has 0 saturated heterocycles. The van der Waals surface area contributed by atoms with E-state index in [9.17, 15) is 0 Å². The quantitative estimate of drug-likeness (QED) is 0.731. The fourth-order valence-corrected chi connectivity index (χ4v) is 1.01. The van der Waals surface area contributed by atoms with Crippen LogP contribution >= 0.6 is 0 Å². The number of rotatable bonds is 4. The summed E-state index contributed by atoms with van der Waals surface area (Å²) in [5, 5.41) is 3.35. The predicted molar refractivity (Wildman–Crippen MR) is 71.1 cm³/mol. The van der Waals surface area contributed by atoms with Gasteiger partial charge in [-0.05, 0) is 18.5 Å². The molecule has 0 fully saturated rings. The van der Waals surface area contributed by atoms with E-state index in [4.69, 9.17) is 0 Å². The van der Waals surface area contributed by atoms with Crippen LogP contribution in [0, 0.1) is 0 Å². The topological polar surface area (TPSA) is 12.0 Å². The maximum Gasteiger partial charge on any atom is 0.0205 e. The Kier molecular flexibility index (Phi) is 17.3. The van der Waals surface area contributed by atoms with Gasteiger partial charge >= 0.3 is 0 Å². The van der Waals surface area contributed by atoms with Gasteiger partial charge in [0.25, 0.3) is 0 Å². The summed E-state index contributed by atoms with van der Waals surface area (Å²) in [6.07, 6.45) is 1.20. The summed E-state index contributed by atoms with van der Waals surface area (Å²) in [5.74, 6) is 0. The van der Waals surface area contributed by atoms with Gasteiger partial charge in [0.15, 0.2) is 0 Å². The fourth-order valence-electron chi connectivity index (χ4n) is 1.01. The zero-order valence-electron chi connectivity index (χ0n) is 11.0. The van der Waals surface area contributed by atoms with Gasteiger partial charge in [0.1, 0.15) is 0 Å². The van der Waals surface area contributed by atoms with Crippen molar-refractivity contribution in [1.82, 2.24) is 5.32 Å². The van der Waals surface area contributed by atoms with Crippen LogP contribution in [0.25, 0.3) is 0 Å². The van der Waals surface area contributed by atoms with Crippen molar-refractivity contribution in [2.24, 2.45) is 0 Å². The molecule has 0 heterocycles. The van der Waals surface area contributed by atoms with Crippen LogP contribution in [0.15, 0.2) is 30.3 Å². The summed E-state index contributed by atoms with van der Waals surface area (Å²) < 4.78 is 0. The molecule has 0 bridgehead atoms. The Hall–Kier alpha value is -0.820. The van der Waals surface area contributed by atoms with Gasteiger partial charge in [-0.1, -0.05) is 65.0 Å². The summed E-state index contributed by atoms with van der Waals surface area (Å²) in [5.41, 5.74) is 1.36. The van der Waals surface area contributed by atoms with Crippen molar-refractivity contribution in [2.75, 3.05) is 6.54 Å². The molecule has 0 aliphatic carbocycles. The van der Waals surface area contributed by atoms with Crippen LogP contribution in [0.2, 0.25) is 0 Å². The van der Waals surface area contributed by atoms with E-state index in [1.54, 1.807) is 0 Å². The van der Waals surface area contributed by atoms with E-state index < -0.39 is 0 Å². The van der Waals surface area contributed by atoms with Gasteiger partial charge in [-0.3, -0.25) is 0 Å². The Bertz CT molecular complexity index is 182. The number of hydrogen-bond donors (Lipinski definition) is 1. The van der Waals surface area contributed by atoms with Crippen LogP contribution in [0.4, 0.5) is 0 Å². The second kappa shape index (κ2) is 15.6. The lowest BCUT2D eigenvalue weighted by molar-refractivity contribution is 0.675. The SMILES string of the molecule is CC.CC.CCCNCc1ccccc1. The van der Waals surface area contributed by atoms with Gasteiger partial charge < -0.3 is 5.32 Å². The average molecular weight is 209 g/mol. The Morgan fingerprint density at radius 3 is 1.93 bits per heavy atom. The van der Waals surface area contributed by atoms with Crippen molar-refractivity contribution in [1.29, 1.82) is 0 Å². The molecule has 15 heavy (non-hydrogen) atoms. The molecule has 0 atom stereocenters. The van der Waals surface area contributed by atoms with Crippen LogP contribution in [0.3, 0.4) is 0 Å². The Balaban J connectivity index is 0. The monoisotopic (exact) mass is 209 g/mol. The Morgan fingerprint density at radius 2 is 1.47 bits per heavy atom. The number of hydrogen-bond acceptors (Lipinski definition) is 1. The molecule has 0 amide bonds. The third kappa shape index (κ3) is 11.1. The number of benzene rings is 1. The van der Waals surface area contributed by atoms with Crippen LogP contribution < -0.4 is 5.32 Å². The largest absolute Gasteiger partial charge is 0.313 e. The third-order valence-electron chi connectivity index (χ3n) is 1.60. The van der Waals surface area contributed by atoms with Crippen molar-refractivity contribution >= 4 is 0 Å². The van der Waals surface area contributed by atoms with Gasteiger partial charge in [0.2, 0.25) is 0 Å². The Morgan fingerprint density at radius 1 is 0.933 bits per heavy atom. The lowest BCUT2D eigenvalue weighted by Gasteiger charge is -2.01. The minimum atomic E-state index is 0.995. The van der Waals surface area contributed by atoms with E-state index in [0.29, 0.717) is 0 Å². The molecule has 0 unspecified atom stereocenters. The van der Waals surface area contributed by atoms with Crippen LogP contribution in [-0.4, -0.2) is 6.54 Å². The van der Waals surface area contributed by atoms with Crippen molar-refractivity contribution < 1.29 is 0 Å². The predicted octanol–water partition coefficient (Wildman–Crippen LogP) is 4.24. The first-order valence-corrected chi connectivity index (χ1v) is 6.18. The second-order valence-electron chi connectivity index (χ2n) is 2.66. The molecule has 1 aromatic rings. The molecule has 1 nitrogen and oxygen atoms in total. The highest BCUT2D eigenvalue weighted by Gasteiger charge is 1.87. The van der Waals surface area contributed by atoms with Crippen LogP contribution in [0.1, 0.15) is 46.6 Å². The van der Waals surface area contributed by atoms with Gasteiger partial charge in [-0.25, -0.2) is 0 Å². The van der Waals surface area contributed by atoms with Crippen molar-refractivity contribution in [3.8, 4) is 0 Å². The summed E-state index contributed by atoms with van der Waals surface area (Å²) in [7, 11) is 0. The number of nitrogens with one attached hydrogen (secondary N) is 1. The zero-order valence-corrected chi connectivity index (χ0v) is 11.0. The fraction of sp³-hybridized carbons (Fsp3) is 0.571. The molecular weight excluding hydrogens is 182 g/mol. The molecular formula is C14H27N. The molecule has 88 valence electrons. The molecule has 0 spiro atoms. The summed E-state index contributed by atoms with van der Waals surface area (Å²) in [4.78, 5) is 0. The summed E-state index contributed by atoms with van der Waals surface area (Å²) in [6, 6.07) is 10.5. The van der Waals surface area contributed by atoms with Crippen molar-refractivity contribution in [3.05, 3.63) is 35.9 Å². The van der Waals surface area contributed by atoms with E-state index in [1.165, 1.54) is 12.0 Å². The van der Waals surface area contributed by atoms with Crippen LogP contribution in [-0.2, 0) is 6.54 Å². The average Bonchev–Trinajstić information content (AvgIpc) is 2.36. The molecule has 1 heteroatoms. The van der Waals surface area contributed by atoms with Gasteiger partial charge in [0, 0.05) is 6.54 Å². The summed E-state index contributed by atoms with van der Waals surface area (Å²) >= 11 is 0. The minimum Gasteiger partial charge on any atom is -0.313 e. The lowest BCUT2D eigenvalue weighted by Crippen LogP contribution is -2.13. The third-order valence-corrected chi connectivity index (χ3v) is 1.60. The highest BCUT2D eigenvalue weighted by molar-refractivity contribution is 5.14. The minimum absolute atomic E-state index is 0.995. The molecule has 1 rings (SSSR count). The van der Waals surface area contributed by atoms with Gasteiger partial charge in [-0.2, -0.15) is 0 Å². The van der Waals surface area contributed by atoms with E-state index in [1.807, 2.05) is 33.8 Å². The first kappa shape index (κ1) is 16.6. The standard InChI is InChI=1S/C10H15N.2C2H6/c1-2-8-11-9-10-6-4-3-5-7-10;2*1-2/h3-7,11H,2,8-9H2,1H3;2*1-2H3.